The molecule has 0 aliphatic carbocycles. The van der Waals surface area contributed by atoms with Crippen molar-refractivity contribution >= 4 is 0 Å². The van der Waals surface area contributed by atoms with Gasteiger partial charge in [-0.1, -0.05) is 85.8 Å². The number of hydrogen-bond donors (Lipinski definition) is 0. The van der Waals surface area contributed by atoms with Gasteiger partial charge in [0, 0.05) is 32.5 Å². The van der Waals surface area contributed by atoms with E-state index >= 15 is 0 Å². The number of benzene rings is 4. The summed E-state index contributed by atoms with van der Waals surface area (Å²) in [6, 6.07) is 47.8. The zero-order valence-corrected chi connectivity index (χ0v) is 25.0. The van der Waals surface area contributed by atoms with Gasteiger partial charge in [0.05, 0.1) is 0 Å². The third kappa shape index (κ3) is 7.48. The molecule has 4 aromatic carbocycles. The van der Waals surface area contributed by atoms with E-state index in [4.69, 9.17) is 0 Å². The summed E-state index contributed by atoms with van der Waals surface area (Å²) in [5.41, 5.74) is 11.6. The van der Waals surface area contributed by atoms with Gasteiger partial charge in [-0.05, 0) is 53.1 Å². The first-order valence-corrected chi connectivity index (χ1v) is 13.1. The van der Waals surface area contributed by atoms with Gasteiger partial charge in [-0.15, -0.1) is 70.8 Å². The second kappa shape index (κ2) is 14.3. The molecule has 0 amide bonds. The number of hydrogen-bond acceptors (Lipinski definition) is 2. The van der Waals surface area contributed by atoms with Crippen molar-refractivity contribution in [1.29, 1.82) is 0 Å². The largest absolute Gasteiger partial charge is 0.305 e. The molecule has 0 bridgehead atoms. The Kier molecular flexibility index (Phi) is 10.3. The molecule has 6 rings (SSSR count). The Bertz CT molecular complexity index is 1620. The second-order valence-corrected chi connectivity index (χ2v) is 9.46. The molecule has 199 valence electrons. The molecule has 0 unspecified atom stereocenters. The molecule has 40 heavy (non-hydrogen) atoms. The van der Waals surface area contributed by atoms with Crippen molar-refractivity contribution in [2.24, 2.45) is 0 Å². The van der Waals surface area contributed by atoms with Crippen LogP contribution in [-0.4, -0.2) is 9.97 Å². The molecule has 2 aromatic heterocycles. The molecule has 2 nitrogen and oxygen atoms in total. The van der Waals surface area contributed by atoms with Crippen molar-refractivity contribution in [2.75, 3.05) is 0 Å². The molecule has 2 heterocycles. The molecule has 0 spiro atoms. The van der Waals surface area contributed by atoms with Crippen LogP contribution < -0.4 is 0 Å². The van der Waals surface area contributed by atoms with Crippen molar-refractivity contribution in [3.8, 4) is 33.6 Å². The SMILES string of the molecule is Cc1c[c-]c(-c2ccccn2)cc1Cc1ccccc1.Cc1cnc(-c2[c-]cccc2)cc1-c1ccccc1.[Ir]. The minimum Gasteiger partial charge on any atom is -0.305 e. The maximum Gasteiger partial charge on any atom is 0.0196 e. The minimum atomic E-state index is 0. The molecule has 0 aliphatic rings. The Morgan fingerprint density at radius 3 is 2.05 bits per heavy atom. The molecule has 1 radical (unpaired) electrons. The van der Waals surface area contributed by atoms with E-state index in [1.165, 1.54) is 33.4 Å². The third-order valence-electron chi connectivity index (χ3n) is 6.62. The van der Waals surface area contributed by atoms with Crippen LogP contribution in [0.15, 0.2) is 134 Å². The van der Waals surface area contributed by atoms with Crippen molar-refractivity contribution in [1.82, 2.24) is 9.97 Å². The van der Waals surface area contributed by atoms with Gasteiger partial charge in [-0.25, -0.2) is 0 Å². The predicted octanol–water partition coefficient (Wildman–Crippen LogP) is 8.97. The van der Waals surface area contributed by atoms with Crippen LogP contribution in [0.2, 0.25) is 0 Å². The zero-order chi connectivity index (χ0) is 26.9. The Morgan fingerprint density at radius 2 is 1.35 bits per heavy atom. The standard InChI is InChI=1S/C19H16N.C18H14N.Ir/c1-15-10-11-17(19-9-5-6-12-20-19)14-18(15)13-16-7-3-2-4-8-16;1-14-13-19-18(16-10-6-3-7-11-16)12-17(14)15-8-4-2-5-9-15;/h2-10,12,14H,13H2,1H3;2-10,12-13H,1H3;/q2*-1;. The number of aromatic nitrogens is 2. The first kappa shape index (κ1) is 28.8. The first-order chi connectivity index (χ1) is 19.2. The van der Waals surface area contributed by atoms with Crippen LogP contribution in [-0.2, 0) is 26.5 Å². The van der Waals surface area contributed by atoms with Gasteiger partial charge in [0.1, 0.15) is 0 Å². The molecule has 0 saturated heterocycles. The van der Waals surface area contributed by atoms with Gasteiger partial charge in [-0.3, -0.25) is 0 Å². The van der Waals surface area contributed by atoms with E-state index in [1.807, 2.05) is 60.9 Å². The monoisotopic (exact) mass is 695 g/mol. The zero-order valence-electron chi connectivity index (χ0n) is 22.6. The summed E-state index contributed by atoms with van der Waals surface area (Å²) in [5, 5.41) is 0. The molecule has 3 heteroatoms. The second-order valence-electron chi connectivity index (χ2n) is 9.46. The van der Waals surface area contributed by atoms with Crippen molar-refractivity contribution in [3.63, 3.8) is 0 Å². The predicted molar refractivity (Wildman–Crippen MR) is 161 cm³/mol. The van der Waals surface area contributed by atoms with E-state index in [2.05, 4.69) is 109 Å². The number of rotatable bonds is 5. The fourth-order valence-corrected chi connectivity index (χ4v) is 4.44. The molecular weight excluding hydrogens is 665 g/mol. The summed E-state index contributed by atoms with van der Waals surface area (Å²) < 4.78 is 0. The smallest absolute Gasteiger partial charge is 0.0196 e. The maximum atomic E-state index is 4.50. The number of pyridine rings is 2. The Hall–Kier alpha value is -4.17. The summed E-state index contributed by atoms with van der Waals surface area (Å²) in [5.74, 6) is 0. The molecule has 0 N–H and O–H groups in total. The molecular formula is C37H30IrN2-2. The first-order valence-electron chi connectivity index (χ1n) is 13.1. The van der Waals surface area contributed by atoms with E-state index in [0.29, 0.717) is 0 Å². The number of nitrogens with zero attached hydrogens (tertiary/aromatic N) is 2. The Balaban J connectivity index is 0.000000181. The van der Waals surface area contributed by atoms with E-state index < -0.39 is 0 Å². The van der Waals surface area contributed by atoms with Gasteiger partial charge < -0.3 is 9.97 Å². The summed E-state index contributed by atoms with van der Waals surface area (Å²) in [6.45, 7) is 4.23. The molecule has 6 aromatic rings. The Labute approximate surface area is 251 Å². The fraction of sp³-hybridized carbons (Fsp3) is 0.0811. The molecule has 0 aliphatic heterocycles. The minimum absolute atomic E-state index is 0. The van der Waals surface area contributed by atoms with Gasteiger partial charge in [0.15, 0.2) is 0 Å². The normalized spacial score (nSPS) is 10.2. The van der Waals surface area contributed by atoms with Crippen molar-refractivity contribution < 1.29 is 20.1 Å². The quantitative estimate of drug-likeness (QED) is 0.169. The van der Waals surface area contributed by atoms with Crippen molar-refractivity contribution in [3.05, 3.63) is 168 Å². The van der Waals surface area contributed by atoms with E-state index in [-0.39, 0.29) is 20.1 Å². The van der Waals surface area contributed by atoms with E-state index in [1.54, 1.807) is 0 Å². The molecule has 0 fully saturated rings. The molecule has 0 saturated carbocycles. The van der Waals surface area contributed by atoms with Crippen LogP contribution in [0.3, 0.4) is 0 Å². The average molecular weight is 695 g/mol. The van der Waals surface area contributed by atoms with Gasteiger partial charge in [-0.2, -0.15) is 0 Å². The van der Waals surface area contributed by atoms with Gasteiger partial charge >= 0.3 is 0 Å². The van der Waals surface area contributed by atoms with Crippen molar-refractivity contribution in [2.45, 2.75) is 20.3 Å². The maximum absolute atomic E-state index is 4.50. The van der Waals surface area contributed by atoms with E-state index in [0.717, 1.165) is 28.9 Å². The van der Waals surface area contributed by atoms with Crippen LogP contribution in [0, 0.1) is 26.0 Å². The van der Waals surface area contributed by atoms with Gasteiger partial charge in [0.2, 0.25) is 0 Å². The Morgan fingerprint density at radius 1 is 0.625 bits per heavy atom. The molecule has 0 atom stereocenters. The van der Waals surface area contributed by atoms with Crippen LogP contribution >= 0.6 is 0 Å². The van der Waals surface area contributed by atoms with Crippen LogP contribution in [0.4, 0.5) is 0 Å². The summed E-state index contributed by atoms with van der Waals surface area (Å²) in [7, 11) is 0. The third-order valence-corrected chi connectivity index (χ3v) is 6.62. The summed E-state index contributed by atoms with van der Waals surface area (Å²) >= 11 is 0. The van der Waals surface area contributed by atoms with Crippen LogP contribution in [0.1, 0.15) is 22.3 Å². The fourth-order valence-electron chi connectivity index (χ4n) is 4.44. The van der Waals surface area contributed by atoms with E-state index in [9.17, 15) is 0 Å². The van der Waals surface area contributed by atoms with Crippen LogP contribution in [0.5, 0.6) is 0 Å². The average Bonchev–Trinajstić information content (AvgIpc) is 3.01. The van der Waals surface area contributed by atoms with Gasteiger partial charge in [0.25, 0.3) is 0 Å². The summed E-state index contributed by atoms with van der Waals surface area (Å²) in [4.78, 5) is 8.90. The summed E-state index contributed by atoms with van der Waals surface area (Å²) in [6.07, 6.45) is 4.69. The number of aryl methyl sites for hydroxylation is 2. The topological polar surface area (TPSA) is 25.8 Å². The van der Waals surface area contributed by atoms with Crippen LogP contribution in [0.25, 0.3) is 33.6 Å².